The van der Waals surface area contributed by atoms with E-state index < -0.39 is 0 Å². The normalized spacial score (nSPS) is 11.7. The minimum Gasteiger partial charge on any atom is -0.335 e. The highest BCUT2D eigenvalue weighted by molar-refractivity contribution is 5.96. The Labute approximate surface area is 211 Å². The molecule has 5 heterocycles. The molecule has 1 aromatic carbocycles. The first-order valence-corrected chi connectivity index (χ1v) is 12.0. The number of halogens is 1. The number of aromatic amines is 2. The van der Waals surface area contributed by atoms with Crippen LogP contribution in [0.3, 0.4) is 0 Å². The van der Waals surface area contributed by atoms with E-state index in [0.29, 0.717) is 28.6 Å². The molecular formula is C27H24FN9. The van der Waals surface area contributed by atoms with Gasteiger partial charge in [-0.25, -0.2) is 14.4 Å². The van der Waals surface area contributed by atoms with Gasteiger partial charge in [-0.1, -0.05) is 6.07 Å². The van der Waals surface area contributed by atoms with Crippen molar-refractivity contribution < 1.29 is 4.39 Å². The first-order chi connectivity index (χ1) is 18.0. The molecule has 5 aromatic heterocycles. The van der Waals surface area contributed by atoms with E-state index in [0.717, 1.165) is 52.5 Å². The number of nitrogens with zero attached hydrogens (tertiary/aromatic N) is 7. The Morgan fingerprint density at radius 2 is 1.86 bits per heavy atom. The molecule has 0 amide bonds. The number of H-pyrrole nitrogens is 2. The van der Waals surface area contributed by atoms with Crippen molar-refractivity contribution in [3.8, 4) is 34.0 Å². The van der Waals surface area contributed by atoms with Crippen LogP contribution in [0, 0.1) is 5.82 Å². The van der Waals surface area contributed by atoms with Crippen LogP contribution in [-0.4, -0.2) is 65.6 Å². The first-order valence-electron chi connectivity index (χ1n) is 12.0. The highest BCUT2D eigenvalue weighted by Crippen LogP contribution is 2.32. The molecule has 0 bridgehead atoms. The van der Waals surface area contributed by atoms with Crippen LogP contribution in [0.2, 0.25) is 0 Å². The van der Waals surface area contributed by atoms with E-state index in [1.165, 1.54) is 0 Å². The molecule has 6 rings (SSSR count). The summed E-state index contributed by atoms with van der Waals surface area (Å²) in [6, 6.07) is 8.98. The maximum Gasteiger partial charge on any atom is 0.178 e. The van der Waals surface area contributed by atoms with Crippen molar-refractivity contribution in [3.63, 3.8) is 0 Å². The third kappa shape index (κ3) is 4.54. The van der Waals surface area contributed by atoms with Crippen LogP contribution in [0.1, 0.15) is 12.0 Å². The predicted octanol–water partition coefficient (Wildman–Crippen LogP) is 4.65. The Hall–Kier alpha value is -4.57. The van der Waals surface area contributed by atoms with Crippen molar-refractivity contribution in [1.29, 1.82) is 0 Å². The lowest BCUT2D eigenvalue weighted by Gasteiger charge is -2.10. The molecule has 2 N–H and O–H groups in total. The zero-order chi connectivity index (χ0) is 25.4. The number of hydrogen-bond acceptors (Lipinski definition) is 7. The minimum atomic E-state index is -0.260. The number of rotatable bonds is 7. The van der Waals surface area contributed by atoms with Crippen molar-refractivity contribution >= 4 is 22.1 Å². The Kier molecular flexibility index (Phi) is 5.85. The van der Waals surface area contributed by atoms with Crippen molar-refractivity contribution in [3.05, 3.63) is 72.7 Å². The van der Waals surface area contributed by atoms with Crippen molar-refractivity contribution in [2.24, 2.45) is 0 Å². The second-order valence-corrected chi connectivity index (χ2v) is 9.18. The molecule has 0 aliphatic carbocycles. The van der Waals surface area contributed by atoms with Crippen molar-refractivity contribution in [2.75, 3.05) is 20.6 Å². The number of pyridine rings is 2. The SMILES string of the molecule is CN(C)CCCc1cc(F)cc(-c2ccnc3nc(-c4n[nH]c5cnc(-c6cnccn6)cc45)[nH]c23)c1. The van der Waals surface area contributed by atoms with Crippen LogP contribution in [-0.2, 0) is 6.42 Å². The molecule has 0 atom stereocenters. The van der Waals surface area contributed by atoms with Crippen molar-refractivity contribution in [2.45, 2.75) is 12.8 Å². The molecule has 10 heteroatoms. The maximum atomic E-state index is 14.6. The Morgan fingerprint density at radius 3 is 2.70 bits per heavy atom. The number of benzene rings is 1. The predicted molar refractivity (Wildman–Crippen MR) is 140 cm³/mol. The minimum absolute atomic E-state index is 0.260. The molecule has 0 saturated heterocycles. The summed E-state index contributed by atoms with van der Waals surface area (Å²) in [5, 5.41) is 8.34. The molecule has 9 nitrogen and oxygen atoms in total. The van der Waals surface area contributed by atoms with Gasteiger partial charge in [0.1, 0.15) is 17.2 Å². The first kappa shape index (κ1) is 22.9. The van der Waals surface area contributed by atoms with Gasteiger partial charge in [-0.15, -0.1) is 0 Å². The van der Waals surface area contributed by atoms with Gasteiger partial charge in [0, 0.05) is 29.5 Å². The lowest BCUT2D eigenvalue weighted by Crippen LogP contribution is -2.13. The highest BCUT2D eigenvalue weighted by atomic mass is 19.1. The van der Waals surface area contributed by atoms with E-state index in [1.807, 2.05) is 32.3 Å². The molecule has 0 radical (unpaired) electrons. The molecule has 0 fully saturated rings. The smallest absolute Gasteiger partial charge is 0.178 e. The van der Waals surface area contributed by atoms with E-state index in [9.17, 15) is 4.39 Å². The monoisotopic (exact) mass is 493 g/mol. The quantitative estimate of drug-likeness (QED) is 0.333. The summed E-state index contributed by atoms with van der Waals surface area (Å²) in [6.07, 6.45) is 10.1. The van der Waals surface area contributed by atoms with Gasteiger partial charge in [0.2, 0.25) is 0 Å². The summed E-state index contributed by atoms with van der Waals surface area (Å²) >= 11 is 0. The Morgan fingerprint density at radius 1 is 0.946 bits per heavy atom. The summed E-state index contributed by atoms with van der Waals surface area (Å²) in [6.45, 7) is 0.945. The third-order valence-corrected chi connectivity index (χ3v) is 6.23. The molecule has 37 heavy (non-hydrogen) atoms. The fourth-order valence-corrected chi connectivity index (χ4v) is 4.48. The summed E-state index contributed by atoms with van der Waals surface area (Å²) in [4.78, 5) is 27.6. The van der Waals surface area contributed by atoms with Crippen LogP contribution in [0.15, 0.2) is 61.3 Å². The zero-order valence-corrected chi connectivity index (χ0v) is 20.4. The number of fused-ring (bicyclic) bond motifs is 2. The number of aryl methyl sites for hydroxylation is 1. The molecule has 0 spiro atoms. The number of aromatic nitrogens is 8. The molecule has 6 aromatic rings. The fourth-order valence-electron chi connectivity index (χ4n) is 4.48. The van der Waals surface area contributed by atoms with Gasteiger partial charge < -0.3 is 9.88 Å². The van der Waals surface area contributed by atoms with Gasteiger partial charge in [0.15, 0.2) is 11.5 Å². The second kappa shape index (κ2) is 9.47. The molecule has 0 unspecified atom stereocenters. The lowest BCUT2D eigenvalue weighted by atomic mass is 10.0. The topological polar surface area (TPSA) is 112 Å². The van der Waals surface area contributed by atoms with Crippen LogP contribution in [0.5, 0.6) is 0 Å². The van der Waals surface area contributed by atoms with E-state index in [4.69, 9.17) is 4.98 Å². The summed E-state index contributed by atoms with van der Waals surface area (Å²) in [5.41, 5.74) is 6.58. The number of hydrogen-bond donors (Lipinski definition) is 2. The van der Waals surface area contributed by atoms with Gasteiger partial charge >= 0.3 is 0 Å². The maximum absolute atomic E-state index is 14.6. The van der Waals surface area contributed by atoms with Crippen LogP contribution in [0.25, 0.3) is 56.1 Å². The average molecular weight is 494 g/mol. The van der Waals surface area contributed by atoms with Gasteiger partial charge in [0.05, 0.1) is 29.1 Å². The zero-order valence-electron chi connectivity index (χ0n) is 20.4. The van der Waals surface area contributed by atoms with E-state index in [-0.39, 0.29) is 5.82 Å². The van der Waals surface area contributed by atoms with Gasteiger partial charge in [-0.05, 0) is 68.9 Å². The molecular weight excluding hydrogens is 469 g/mol. The van der Waals surface area contributed by atoms with Crippen LogP contribution < -0.4 is 0 Å². The van der Waals surface area contributed by atoms with Gasteiger partial charge in [-0.3, -0.25) is 20.1 Å². The third-order valence-electron chi connectivity index (χ3n) is 6.23. The Balaban J connectivity index is 1.41. The fraction of sp³-hybridized carbons (Fsp3) is 0.185. The molecule has 184 valence electrons. The molecule has 0 aliphatic heterocycles. The van der Waals surface area contributed by atoms with Gasteiger partial charge in [0.25, 0.3) is 0 Å². The number of imidazole rings is 1. The van der Waals surface area contributed by atoms with Crippen LogP contribution >= 0.6 is 0 Å². The lowest BCUT2D eigenvalue weighted by molar-refractivity contribution is 0.400. The second-order valence-electron chi connectivity index (χ2n) is 9.18. The van der Waals surface area contributed by atoms with Crippen molar-refractivity contribution in [1.82, 2.24) is 45.0 Å². The summed E-state index contributed by atoms with van der Waals surface area (Å²) < 4.78 is 14.6. The molecule has 0 aliphatic rings. The van der Waals surface area contributed by atoms with E-state index in [1.54, 1.807) is 43.1 Å². The van der Waals surface area contributed by atoms with Crippen LogP contribution in [0.4, 0.5) is 4.39 Å². The average Bonchev–Trinajstić information content (AvgIpc) is 3.52. The number of nitrogens with one attached hydrogen (secondary N) is 2. The standard InChI is InChI=1S/C27H24FN9/c1-37(2)9-3-4-16-10-17(12-18(28)11-16)19-5-6-31-26-24(19)33-27(34-26)25-20-13-21(23-14-29-7-8-30-23)32-15-22(20)35-36-25/h5-8,10-15H,3-4,9H2,1-2H3,(H,35,36)(H,31,33,34). The summed E-state index contributed by atoms with van der Waals surface area (Å²) in [5.74, 6) is 0.296. The van der Waals surface area contributed by atoms with E-state index in [2.05, 4.69) is 40.0 Å². The van der Waals surface area contributed by atoms with Gasteiger partial charge in [-0.2, -0.15) is 5.10 Å². The largest absolute Gasteiger partial charge is 0.335 e. The van der Waals surface area contributed by atoms with E-state index >= 15 is 0 Å². The Bertz CT molecular complexity index is 1710. The summed E-state index contributed by atoms with van der Waals surface area (Å²) in [7, 11) is 4.08. The molecule has 0 saturated carbocycles. The highest BCUT2D eigenvalue weighted by Gasteiger charge is 2.17.